The molecular formula is C77H126O6. The fraction of sp³-hybridized carbons (Fsp3) is 0.649. The molecule has 0 aromatic carbocycles. The SMILES string of the molecule is CC/C=C\C/C=C\C/C=C\C/C=C\C/C=C\C/C=C\C/C=C\CCCCCCCCCCCCCC(=O)OCC(COC(=O)CCCCCCCCCCCCCCCCC)OC(=O)CCC/C=C\C/C=C\C/C=C\C/C=C\C/C=C\CC. The highest BCUT2D eigenvalue weighted by molar-refractivity contribution is 5.71. The molecule has 1 unspecified atom stereocenters. The minimum atomic E-state index is -0.813. The van der Waals surface area contributed by atoms with Gasteiger partial charge in [0.2, 0.25) is 0 Å². The molecule has 0 amide bonds. The summed E-state index contributed by atoms with van der Waals surface area (Å²) < 4.78 is 16.9. The van der Waals surface area contributed by atoms with Gasteiger partial charge in [-0.15, -0.1) is 0 Å². The Morgan fingerprint density at radius 3 is 0.771 bits per heavy atom. The van der Waals surface area contributed by atoms with Gasteiger partial charge >= 0.3 is 17.9 Å². The van der Waals surface area contributed by atoms with Gasteiger partial charge in [0.05, 0.1) is 0 Å². The smallest absolute Gasteiger partial charge is 0.306 e. The van der Waals surface area contributed by atoms with Gasteiger partial charge in [-0.2, -0.15) is 0 Å². The van der Waals surface area contributed by atoms with Crippen molar-refractivity contribution in [3.05, 3.63) is 146 Å². The highest BCUT2D eigenvalue weighted by atomic mass is 16.6. The Balaban J connectivity index is 4.32. The standard InChI is InChI=1S/C77H126O6/c1-4-7-10-13-16-19-22-25-28-30-31-32-33-34-35-36-37-38-39-40-41-42-43-44-45-47-49-52-55-58-61-64-67-70-76(79)82-73-74(72-81-75(78)69-66-63-60-57-54-51-48-27-24-21-18-15-12-9-6-3)83-77(80)71-68-65-62-59-56-53-50-46-29-26-23-20-17-14-11-8-5-2/h7-8,10-11,16-17,19-20,25-26,28-29,31-32,34-35,37-38,40-41,50,53,59,62,74H,4-6,9,12-15,18,21-24,27,30,33,36,39,42-49,51-52,54-58,60-61,63-73H2,1-3H3/b10-7-,11-8-,19-16-,20-17-,28-25-,29-26-,32-31-,35-34-,38-37-,41-40-,53-50-,62-59-. The van der Waals surface area contributed by atoms with Crippen LogP contribution in [0, 0.1) is 0 Å². The van der Waals surface area contributed by atoms with Gasteiger partial charge in [0.25, 0.3) is 0 Å². The summed E-state index contributed by atoms with van der Waals surface area (Å²) in [7, 11) is 0. The average molecular weight is 1150 g/mol. The van der Waals surface area contributed by atoms with Gasteiger partial charge < -0.3 is 14.2 Å². The third-order valence-electron chi connectivity index (χ3n) is 14.3. The number of carbonyl (C=O) groups is 3. The van der Waals surface area contributed by atoms with Crippen LogP contribution in [0.1, 0.15) is 303 Å². The van der Waals surface area contributed by atoms with Crippen LogP contribution in [0.2, 0.25) is 0 Å². The van der Waals surface area contributed by atoms with E-state index in [2.05, 4.69) is 167 Å². The number of hydrogen-bond donors (Lipinski definition) is 0. The number of carbonyl (C=O) groups excluding carboxylic acids is 3. The summed E-state index contributed by atoms with van der Waals surface area (Å²) in [6, 6.07) is 0. The highest BCUT2D eigenvalue weighted by Gasteiger charge is 2.19. The molecule has 6 nitrogen and oxygen atoms in total. The molecule has 0 aliphatic heterocycles. The molecule has 0 bridgehead atoms. The predicted octanol–water partition coefficient (Wildman–Crippen LogP) is 23.9. The van der Waals surface area contributed by atoms with Gasteiger partial charge in [-0.1, -0.05) is 314 Å². The summed E-state index contributed by atoms with van der Waals surface area (Å²) in [5.74, 6) is -0.958. The maximum Gasteiger partial charge on any atom is 0.306 e. The van der Waals surface area contributed by atoms with Crippen molar-refractivity contribution in [3.63, 3.8) is 0 Å². The van der Waals surface area contributed by atoms with E-state index in [0.29, 0.717) is 19.3 Å². The summed E-state index contributed by atoms with van der Waals surface area (Å²) in [5, 5.41) is 0. The second-order valence-electron chi connectivity index (χ2n) is 22.3. The van der Waals surface area contributed by atoms with Gasteiger partial charge in [-0.25, -0.2) is 0 Å². The molecule has 470 valence electrons. The molecule has 0 spiro atoms. The zero-order chi connectivity index (χ0) is 59.9. The Kier molecular flexibility index (Phi) is 65.8. The van der Waals surface area contributed by atoms with E-state index in [-0.39, 0.29) is 37.5 Å². The van der Waals surface area contributed by atoms with Gasteiger partial charge in [-0.3, -0.25) is 14.4 Å². The monoisotopic (exact) mass is 1150 g/mol. The van der Waals surface area contributed by atoms with Crippen LogP contribution in [0.5, 0.6) is 0 Å². The van der Waals surface area contributed by atoms with E-state index < -0.39 is 6.10 Å². The largest absolute Gasteiger partial charge is 0.462 e. The van der Waals surface area contributed by atoms with E-state index >= 15 is 0 Å². The number of ether oxygens (including phenoxy) is 3. The first-order valence-corrected chi connectivity index (χ1v) is 34.3. The average Bonchev–Trinajstić information content (AvgIpc) is 3.49. The lowest BCUT2D eigenvalue weighted by atomic mass is 10.0. The number of esters is 3. The zero-order valence-corrected chi connectivity index (χ0v) is 53.9. The van der Waals surface area contributed by atoms with E-state index in [1.807, 2.05) is 0 Å². The number of unbranched alkanes of at least 4 members (excludes halogenated alkanes) is 26. The molecule has 0 aromatic rings. The van der Waals surface area contributed by atoms with Crippen LogP contribution < -0.4 is 0 Å². The van der Waals surface area contributed by atoms with Gasteiger partial charge in [0.15, 0.2) is 6.10 Å². The number of rotatable bonds is 61. The van der Waals surface area contributed by atoms with Crippen molar-refractivity contribution < 1.29 is 28.6 Å². The zero-order valence-electron chi connectivity index (χ0n) is 53.9. The second kappa shape index (κ2) is 69.8. The molecule has 0 radical (unpaired) electrons. The lowest BCUT2D eigenvalue weighted by Crippen LogP contribution is -2.30. The van der Waals surface area contributed by atoms with E-state index in [1.165, 1.54) is 135 Å². The first-order valence-electron chi connectivity index (χ1n) is 34.3. The minimum Gasteiger partial charge on any atom is -0.462 e. The molecule has 0 fully saturated rings. The first-order chi connectivity index (χ1) is 41.0. The van der Waals surface area contributed by atoms with Crippen molar-refractivity contribution in [2.45, 2.75) is 309 Å². The van der Waals surface area contributed by atoms with Crippen LogP contribution in [0.15, 0.2) is 146 Å². The Hall–Kier alpha value is -4.71. The predicted molar refractivity (Wildman–Crippen MR) is 362 cm³/mol. The van der Waals surface area contributed by atoms with Crippen molar-refractivity contribution in [1.82, 2.24) is 0 Å². The van der Waals surface area contributed by atoms with Crippen LogP contribution in [0.3, 0.4) is 0 Å². The topological polar surface area (TPSA) is 78.9 Å². The first kappa shape index (κ1) is 78.3. The number of hydrogen-bond acceptors (Lipinski definition) is 6. The summed E-state index contributed by atoms with van der Waals surface area (Å²) >= 11 is 0. The van der Waals surface area contributed by atoms with Crippen LogP contribution in [0.25, 0.3) is 0 Å². The molecule has 0 aromatic heterocycles. The van der Waals surface area contributed by atoms with Crippen molar-refractivity contribution in [3.8, 4) is 0 Å². The van der Waals surface area contributed by atoms with E-state index in [0.717, 1.165) is 122 Å². The van der Waals surface area contributed by atoms with Crippen molar-refractivity contribution in [1.29, 1.82) is 0 Å². The molecule has 1 atom stereocenters. The molecule has 0 aliphatic carbocycles. The van der Waals surface area contributed by atoms with Crippen molar-refractivity contribution in [2.75, 3.05) is 13.2 Å². The molecule has 0 aliphatic rings. The molecular weight excluding hydrogens is 1020 g/mol. The normalized spacial score (nSPS) is 13.0. The molecule has 6 heteroatoms. The molecule has 83 heavy (non-hydrogen) atoms. The van der Waals surface area contributed by atoms with Crippen molar-refractivity contribution >= 4 is 17.9 Å². The van der Waals surface area contributed by atoms with Crippen LogP contribution >= 0.6 is 0 Å². The van der Waals surface area contributed by atoms with Gasteiger partial charge in [0, 0.05) is 19.3 Å². The molecule has 0 rings (SSSR count). The lowest BCUT2D eigenvalue weighted by Gasteiger charge is -2.18. The Bertz CT molecular complexity index is 1800. The summed E-state index contributed by atoms with van der Waals surface area (Å²) in [6.07, 6.45) is 100. The van der Waals surface area contributed by atoms with Crippen LogP contribution in [0.4, 0.5) is 0 Å². The highest BCUT2D eigenvalue weighted by Crippen LogP contribution is 2.16. The fourth-order valence-corrected chi connectivity index (χ4v) is 9.28. The molecule has 0 N–H and O–H groups in total. The summed E-state index contributed by atoms with van der Waals surface area (Å²) in [6.45, 7) is 6.38. The van der Waals surface area contributed by atoms with E-state index in [1.54, 1.807) is 0 Å². The third kappa shape index (κ3) is 68.0. The van der Waals surface area contributed by atoms with Gasteiger partial charge in [0.1, 0.15) is 13.2 Å². The van der Waals surface area contributed by atoms with Crippen molar-refractivity contribution in [2.24, 2.45) is 0 Å². The number of allylic oxidation sites excluding steroid dienone is 24. The maximum absolute atomic E-state index is 12.9. The Morgan fingerprint density at radius 2 is 0.482 bits per heavy atom. The third-order valence-corrected chi connectivity index (χ3v) is 14.3. The van der Waals surface area contributed by atoms with Crippen LogP contribution in [-0.4, -0.2) is 37.2 Å². The quantitative estimate of drug-likeness (QED) is 0.0261. The second-order valence-corrected chi connectivity index (χ2v) is 22.3. The van der Waals surface area contributed by atoms with E-state index in [4.69, 9.17) is 14.2 Å². The van der Waals surface area contributed by atoms with Crippen LogP contribution in [-0.2, 0) is 28.6 Å². The maximum atomic E-state index is 12.9. The summed E-state index contributed by atoms with van der Waals surface area (Å²) in [5.41, 5.74) is 0. The molecule has 0 saturated heterocycles. The molecule has 0 heterocycles. The lowest BCUT2D eigenvalue weighted by molar-refractivity contribution is -0.167. The Morgan fingerprint density at radius 1 is 0.253 bits per heavy atom. The molecule has 0 saturated carbocycles. The van der Waals surface area contributed by atoms with E-state index in [9.17, 15) is 14.4 Å². The Labute approximate surface area is 512 Å². The summed E-state index contributed by atoms with van der Waals surface area (Å²) in [4.78, 5) is 38.4. The fourth-order valence-electron chi connectivity index (χ4n) is 9.28. The van der Waals surface area contributed by atoms with Gasteiger partial charge in [-0.05, 0) is 116 Å². The minimum absolute atomic E-state index is 0.102.